The summed E-state index contributed by atoms with van der Waals surface area (Å²) in [5, 5.41) is 13.4. The maximum atomic E-state index is 11.2. The van der Waals surface area contributed by atoms with Gasteiger partial charge < -0.3 is 21.5 Å². The van der Waals surface area contributed by atoms with Crippen LogP contribution in [0.25, 0.3) is 0 Å². The lowest BCUT2D eigenvalue weighted by molar-refractivity contribution is -0.142. The normalized spacial score (nSPS) is 11.4. The average molecular weight is 259 g/mol. The van der Waals surface area contributed by atoms with Crippen molar-refractivity contribution < 1.29 is 24.3 Å². The highest BCUT2D eigenvalue weighted by molar-refractivity contribution is 5.98. The third-order valence-corrected chi connectivity index (χ3v) is 2.01. The van der Waals surface area contributed by atoms with Crippen LogP contribution < -0.4 is 16.4 Å². The molecule has 1 atom stereocenters. The molecule has 0 aliphatic carbocycles. The number of carboxylic acids is 1. The lowest BCUT2D eigenvalue weighted by Gasteiger charge is -2.13. The molecule has 0 saturated heterocycles. The standard InChI is InChI=1S/C10H17N3O5/c1-6(14)5-8(15)13-7(9(16)17)3-2-4-12-10(11)18/h7H,2-5H2,1H3,(H,13,15)(H,16,17)(H3,11,12,18). The van der Waals surface area contributed by atoms with Gasteiger partial charge in [-0.05, 0) is 19.8 Å². The van der Waals surface area contributed by atoms with Crippen molar-refractivity contribution in [1.82, 2.24) is 10.6 Å². The minimum absolute atomic E-state index is 0.138. The van der Waals surface area contributed by atoms with Crippen LogP contribution in [0.4, 0.5) is 4.79 Å². The van der Waals surface area contributed by atoms with E-state index in [-0.39, 0.29) is 25.2 Å². The van der Waals surface area contributed by atoms with Crippen LogP contribution in [0.1, 0.15) is 26.2 Å². The van der Waals surface area contributed by atoms with Crippen LogP contribution in [-0.4, -0.2) is 41.4 Å². The molecule has 0 aliphatic heterocycles. The zero-order valence-corrected chi connectivity index (χ0v) is 10.1. The van der Waals surface area contributed by atoms with E-state index in [9.17, 15) is 19.2 Å². The molecule has 0 bridgehead atoms. The molecule has 0 aromatic rings. The number of amides is 3. The van der Waals surface area contributed by atoms with Crippen molar-refractivity contribution in [2.45, 2.75) is 32.2 Å². The number of hydrogen-bond donors (Lipinski definition) is 4. The van der Waals surface area contributed by atoms with Gasteiger partial charge in [0, 0.05) is 6.54 Å². The zero-order chi connectivity index (χ0) is 14.1. The molecule has 0 aliphatic rings. The number of nitrogens with two attached hydrogens (primary N) is 1. The average Bonchev–Trinajstić information content (AvgIpc) is 2.20. The van der Waals surface area contributed by atoms with Gasteiger partial charge in [0.15, 0.2) is 0 Å². The van der Waals surface area contributed by atoms with Gasteiger partial charge in [-0.15, -0.1) is 0 Å². The van der Waals surface area contributed by atoms with Crippen LogP contribution in [0.5, 0.6) is 0 Å². The van der Waals surface area contributed by atoms with Gasteiger partial charge in [-0.2, -0.15) is 0 Å². The summed E-state index contributed by atoms with van der Waals surface area (Å²) in [4.78, 5) is 43.1. The fourth-order valence-corrected chi connectivity index (χ4v) is 1.25. The molecule has 8 heteroatoms. The van der Waals surface area contributed by atoms with Gasteiger partial charge in [0.1, 0.15) is 11.8 Å². The third-order valence-electron chi connectivity index (χ3n) is 2.01. The van der Waals surface area contributed by atoms with Crippen molar-refractivity contribution in [1.29, 1.82) is 0 Å². The first kappa shape index (κ1) is 15.9. The second kappa shape index (κ2) is 8.04. The molecule has 0 aromatic heterocycles. The molecule has 5 N–H and O–H groups in total. The first-order chi connectivity index (χ1) is 8.32. The molecule has 18 heavy (non-hydrogen) atoms. The van der Waals surface area contributed by atoms with Crippen LogP contribution in [0.3, 0.4) is 0 Å². The van der Waals surface area contributed by atoms with E-state index in [4.69, 9.17) is 10.8 Å². The van der Waals surface area contributed by atoms with E-state index in [1.54, 1.807) is 0 Å². The van der Waals surface area contributed by atoms with Crippen molar-refractivity contribution in [3.05, 3.63) is 0 Å². The van der Waals surface area contributed by atoms with Crippen LogP contribution in [0.2, 0.25) is 0 Å². The van der Waals surface area contributed by atoms with Gasteiger partial charge in [0.05, 0.1) is 6.42 Å². The number of carbonyl (C=O) groups is 4. The van der Waals surface area contributed by atoms with E-state index in [1.165, 1.54) is 6.92 Å². The number of primary amides is 1. The zero-order valence-electron chi connectivity index (χ0n) is 10.1. The Hall–Kier alpha value is -2.12. The molecule has 102 valence electrons. The summed E-state index contributed by atoms with van der Waals surface area (Å²) < 4.78 is 0. The molecule has 0 aromatic carbocycles. The summed E-state index contributed by atoms with van der Waals surface area (Å²) in [5.41, 5.74) is 4.83. The van der Waals surface area contributed by atoms with Gasteiger partial charge in [-0.1, -0.05) is 0 Å². The van der Waals surface area contributed by atoms with E-state index in [0.29, 0.717) is 6.42 Å². The Kier molecular flexibility index (Phi) is 7.10. The SMILES string of the molecule is CC(=O)CC(=O)NC(CCCNC(N)=O)C(=O)O. The molecule has 0 saturated carbocycles. The largest absolute Gasteiger partial charge is 0.480 e. The summed E-state index contributed by atoms with van der Waals surface area (Å²) in [6.45, 7) is 1.47. The molecular weight excluding hydrogens is 242 g/mol. The van der Waals surface area contributed by atoms with Crippen LogP contribution in [-0.2, 0) is 14.4 Å². The van der Waals surface area contributed by atoms with Gasteiger partial charge >= 0.3 is 12.0 Å². The molecule has 1 unspecified atom stereocenters. The highest BCUT2D eigenvalue weighted by Gasteiger charge is 2.19. The minimum atomic E-state index is -1.19. The second-order valence-electron chi connectivity index (χ2n) is 3.77. The summed E-state index contributed by atoms with van der Waals surface area (Å²) in [5.74, 6) is -2.16. The van der Waals surface area contributed by atoms with Gasteiger partial charge in [0.25, 0.3) is 0 Å². The second-order valence-corrected chi connectivity index (χ2v) is 3.77. The monoisotopic (exact) mass is 259 g/mol. The molecule has 0 radical (unpaired) electrons. The smallest absolute Gasteiger partial charge is 0.326 e. The highest BCUT2D eigenvalue weighted by atomic mass is 16.4. The molecule has 0 fully saturated rings. The first-order valence-electron chi connectivity index (χ1n) is 5.38. The first-order valence-corrected chi connectivity index (χ1v) is 5.38. The van der Waals surface area contributed by atoms with E-state index in [0.717, 1.165) is 0 Å². The molecule has 3 amide bonds. The van der Waals surface area contributed by atoms with Gasteiger partial charge in [-0.25, -0.2) is 9.59 Å². The van der Waals surface area contributed by atoms with Crippen molar-refractivity contribution in [2.75, 3.05) is 6.54 Å². The number of aliphatic carboxylic acids is 1. The number of rotatable bonds is 8. The van der Waals surface area contributed by atoms with Crippen molar-refractivity contribution in [2.24, 2.45) is 5.73 Å². The minimum Gasteiger partial charge on any atom is -0.480 e. The highest BCUT2D eigenvalue weighted by Crippen LogP contribution is 1.98. The Labute approximate surface area is 104 Å². The topological polar surface area (TPSA) is 139 Å². The summed E-state index contributed by atoms with van der Waals surface area (Å²) in [6.07, 6.45) is 0.142. The number of Topliss-reactive ketones (excluding diaryl/α,β-unsaturated/α-hetero) is 1. The van der Waals surface area contributed by atoms with E-state index in [1.807, 2.05) is 0 Å². The summed E-state index contributed by atoms with van der Waals surface area (Å²) >= 11 is 0. The van der Waals surface area contributed by atoms with E-state index >= 15 is 0 Å². The Balaban J connectivity index is 4.07. The lowest BCUT2D eigenvalue weighted by atomic mass is 10.1. The quantitative estimate of drug-likeness (QED) is 0.326. The predicted molar refractivity (Wildman–Crippen MR) is 61.7 cm³/mol. The number of nitrogens with one attached hydrogen (secondary N) is 2. The van der Waals surface area contributed by atoms with Gasteiger partial charge in [0.2, 0.25) is 5.91 Å². The fourth-order valence-electron chi connectivity index (χ4n) is 1.25. The molecule has 0 spiro atoms. The van der Waals surface area contributed by atoms with Crippen LogP contribution >= 0.6 is 0 Å². The van der Waals surface area contributed by atoms with E-state index in [2.05, 4.69) is 10.6 Å². The lowest BCUT2D eigenvalue weighted by Crippen LogP contribution is -2.42. The van der Waals surface area contributed by atoms with E-state index < -0.39 is 23.9 Å². The summed E-state index contributed by atoms with van der Waals surface area (Å²) in [7, 11) is 0. The van der Waals surface area contributed by atoms with Crippen LogP contribution in [0.15, 0.2) is 0 Å². The van der Waals surface area contributed by atoms with Crippen molar-refractivity contribution in [3.8, 4) is 0 Å². The molecular formula is C10H17N3O5. The Morgan fingerprint density at radius 2 is 1.89 bits per heavy atom. The number of carbonyl (C=O) groups excluding carboxylic acids is 3. The molecule has 8 nitrogen and oxygen atoms in total. The number of urea groups is 1. The number of ketones is 1. The number of hydrogen-bond acceptors (Lipinski definition) is 4. The summed E-state index contributed by atoms with van der Waals surface area (Å²) in [6, 6.07) is -1.77. The van der Waals surface area contributed by atoms with Crippen molar-refractivity contribution >= 4 is 23.7 Å². The maximum absolute atomic E-state index is 11.2. The molecule has 0 heterocycles. The maximum Gasteiger partial charge on any atom is 0.326 e. The predicted octanol–water partition coefficient (Wildman–Crippen LogP) is -1.02. The molecule has 0 rings (SSSR count). The Morgan fingerprint density at radius 1 is 1.28 bits per heavy atom. The van der Waals surface area contributed by atoms with Gasteiger partial charge in [-0.3, -0.25) is 9.59 Å². The fraction of sp³-hybridized carbons (Fsp3) is 0.600. The number of carboxylic acid groups (broad SMARTS) is 1. The Morgan fingerprint density at radius 3 is 2.33 bits per heavy atom. The van der Waals surface area contributed by atoms with Crippen LogP contribution in [0, 0.1) is 0 Å². The Bertz CT molecular complexity index is 342. The van der Waals surface area contributed by atoms with Crippen molar-refractivity contribution in [3.63, 3.8) is 0 Å². The third kappa shape index (κ3) is 8.08.